The summed E-state index contributed by atoms with van der Waals surface area (Å²) in [6.45, 7) is 0.235. The predicted molar refractivity (Wildman–Crippen MR) is 64.9 cm³/mol. The molecule has 2 N–H and O–H groups in total. The van der Waals surface area contributed by atoms with Crippen LogP contribution in [0.5, 0.6) is 0 Å². The molecule has 0 spiro atoms. The lowest BCUT2D eigenvalue weighted by atomic mass is 9.80. The number of carbonyl (C=O) groups is 2. The van der Waals surface area contributed by atoms with Crippen LogP contribution < -0.4 is 5.32 Å². The van der Waals surface area contributed by atoms with E-state index in [-0.39, 0.29) is 12.6 Å². The zero-order valence-corrected chi connectivity index (χ0v) is 10.7. The highest BCUT2D eigenvalue weighted by Crippen LogP contribution is 2.34. The van der Waals surface area contributed by atoms with Crippen molar-refractivity contribution in [3.05, 3.63) is 0 Å². The van der Waals surface area contributed by atoms with Crippen molar-refractivity contribution in [2.45, 2.75) is 38.5 Å². The smallest absolute Gasteiger partial charge is 0.316 e. The molecule has 1 aliphatic rings. The van der Waals surface area contributed by atoms with Gasteiger partial charge in [0, 0.05) is 20.6 Å². The van der Waals surface area contributed by atoms with Crippen LogP contribution in [-0.4, -0.2) is 42.6 Å². The maximum Gasteiger partial charge on any atom is 0.316 e. The van der Waals surface area contributed by atoms with Crippen molar-refractivity contribution in [3.63, 3.8) is 0 Å². The minimum atomic E-state index is -0.779. The van der Waals surface area contributed by atoms with Gasteiger partial charge in [-0.1, -0.05) is 25.7 Å². The molecule has 0 aliphatic heterocycles. The summed E-state index contributed by atoms with van der Waals surface area (Å²) in [5.74, 6) is -0.779. The number of carbonyl (C=O) groups excluding carboxylic acids is 1. The van der Waals surface area contributed by atoms with Gasteiger partial charge in [-0.15, -0.1) is 0 Å². The Balaban J connectivity index is 2.64. The molecule has 0 heterocycles. The lowest BCUT2D eigenvalue weighted by Gasteiger charge is -2.28. The number of carboxylic acid groups (broad SMARTS) is 1. The Labute approximate surface area is 102 Å². The number of aliphatic carboxylic acids is 1. The van der Waals surface area contributed by atoms with Crippen LogP contribution in [0.25, 0.3) is 0 Å². The lowest BCUT2D eigenvalue weighted by molar-refractivity contribution is -0.149. The van der Waals surface area contributed by atoms with Crippen LogP contribution in [0.4, 0.5) is 4.79 Å². The Bertz CT molecular complexity index is 281. The van der Waals surface area contributed by atoms with Crippen molar-refractivity contribution >= 4 is 12.0 Å². The Morgan fingerprint density at radius 2 is 1.71 bits per heavy atom. The van der Waals surface area contributed by atoms with E-state index >= 15 is 0 Å². The van der Waals surface area contributed by atoms with Gasteiger partial charge in [-0.3, -0.25) is 4.79 Å². The lowest BCUT2D eigenvalue weighted by Crippen LogP contribution is -2.45. The van der Waals surface area contributed by atoms with Gasteiger partial charge >= 0.3 is 12.0 Å². The third kappa shape index (κ3) is 3.61. The number of urea groups is 1. The molecule has 0 atom stereocenters. The Kier molecular flexibility index (Phi) is 4.78. The molecular weight excluding hydrogens is 220 g/mol. The van der Waals surface area contributed by atoms with Gasteiger partial charge in [-0.2, -0.15) is 0 Å². The van der Waals surface area contributed by atoms with Crippen molar-refractivity contribution in [3.8, 4) is 0 Å². The van der Waals surface area contributed by atoms with E-state index in [2.05, 4.69) is 5.32 Å². The van der Waals surface area contributed by atoms with Gasteiger partial charge < -0.3 is 15.3 Å². The highest BCUT2D eigenvalue weighted by atomic mass is 16.4. The summed E-state index contributed by atoms with van der Waals surface area (Å²) in [7, 11) is 3.30. The fraction of sp³-hybridized carbons (Fsp3) is 0.833. The van der Waals surface area contributed by atoms with Crippen LogP contribution in [-0.2, 0) is 4.79 Å². The molecule has 1 fully saturated rings. The van der Waals surface area contributed by atoms with Crippen molar-refractivity contribution in [2.75, 3.05) is 20.6 Å². The third-order valence-corrected chi connectivity index (χ3v) is 3.50. The standard InChI is InChI=1S/C12H22N2O3/c1-14(2)11(17)13-9-12(10(15)16)7-5-3-4-6-8-12/h3-9H2,1-2H3,(H,13,17)(H,15,16). The molecule has 1 rings (SSSR count). The number of hydrogen-bond acceptors (Lipinski definition) is 2. The first-order valence-corrected chi connectivity index (χ1v) is 6.16. The molecule has 5 nitrogen and oxygen atoms in total. The second-order valence-electron chi connectivity index (χ2n) is 5.05. The fourth-order valence-electron chi connectivity index (χ4n) is 2.27. The third-order valence-electron chi connectivity index (χ3n) is 3.50. The largest absolute Gasteiger partial charge is 0.481 e. The first-order chi connectivity index (χ1) is 7.98. The molecule has 0 aromatic rings. The molecule has 0 aromatic carbocycles. The number of carboxylic acids is 1. The average Bonchev–Trinajstić information content (AvgIpc) is 2.52. The number of amides is 2. The van der Waals surface area contributed by atoms with E-state index < -0.39 is 11.4 Å². The summed E-state index contributed by atoms with van der Waals surface area (Å²) in [5.41, 5.74) is -0.762. The van der Waals surface area contributed by atoms with Gasteiger partial charge in [0.2, 0.25) is 0 Å². The second kappa shape index (κ2) is 5.89. The van der Waals surface area contributed by atoms with Gasteiger partial charge in [0.05, 0.1) is 5.41 Å². The molecule has 98 valence electrons. The van der Waals surface area contributed by atoms with E-state index in [1.807, 2.05) is 0 Å². The Hall–Kier alpha value is -1.26. The van der Waals surface area contributed by atoms with Crippen LogP contribution >= 0.6 is 0 Å². The molecule has 2 amide bonds. The molecule has 1 aliphatic carbocycles. The topological polar surface area (TPSA) is 69.6 Å². The summed E-state index contributed by atoms with van der Waals surface area (Å²) in [6.07, 6.45) is 5.38. The van der Waals surface area contributed by atoms with E-state index in [4.69, 9.17) is 0 Å². The van der Waals surface area contributed by atoms with Crippen molar-refractivity contribution in [1.29, 1.82) is 0 Å². The molecule has 0 radical (unpaired) electrons. The summed E-state index contributed by atoms with van der Waals surface area (Å²) in [6, 6.07) is -0.227. The molecular formula is C12H22N2O3. The highest BCUT2D eigenvalue weighted by molar-refractivity contribution is 5.78. The van der Waals surface area contributed by atoms with E-state index in [1.54, 1.807) is 14.1 Å². The molecule has 0 aromatic heterocycles. The molecule has 17 heavy (non-hydrogen) atoms. The van der Waals surface area contributed by atoms with Crippen molar-refractivity contribution < 1.29 is 14.7 Å². The number of hydrogen-bond donors (Lipinski definition) is 2. The summed E-state index contributed by atoms with van der Waals surface area (Å²) < 4.78 is 0. The second-order valence-corrected chi connectivity index (χ2v) is 5.05. The van der Waals surface area contributed by atoms with Crippen molar-refractivity contribution in [2.24, 2.45) is 5.41 Å². The fourth-order valence-corrected chi connectivity index (χ4v) is 2.27. The number of rotatable bonds is 3. The highest BCUT2D eigenvalue weighted by Gasteiger charge is 2.38. The van der Waals surface area contributed by atoms with Crippen molar-refractivity contribution in [1.82, 2.24) is 10.2 Å². The number of nitrogens with zero attached hydrogens (tertiary/aromatic N) is 1. The normalized spacial score (nSPS) is 19.2. The maximum absolute atomic E-state index is 11.5. The average molecular weight is 242 g/mol. The minimum Gasteiger partial charge on any atom is -0.481 e. The van der Waals surface area contributed by atoms with Gasteiger partial charge in [0.1, 0.15) is 0 Å². The molecule has 5 heteroatoms. The van der Waals surface area contributed by atoms with Gasteiger partial charge in [-0.05, 0) is 12.8 Å². The molecule has 1 saturated carbocycles. The van der Waals surface area contributed by atoms with Crippen LogP contribution in [0.1, 0.15) is 38.5 Å². The van der Waals surface area contributed by atoms with Gasteiger partial charge in [0.25, 0.3) is 0 Å². The van der Waals surface area contributed by atoms with Crippen LogP contribution in [0.3, 0.4) is 0 Å². The first kappa shape index (κ1) is 13.8. The van der Waals surface area contributed by atoms with E-state index in [1.165, 1.54) is 4.90 Å². The summed E-state index contributed by atoms with van der Waals surface area (Å²) in [5, 5.41) is 12.1. The Morgan fingerprint density at radius 3 is 2.12 bits per heavy atom. The summed E-state index contributed by atoms with van der Waals surface area (Å²) >= 11 is 0. The minimum absolute atomic E-state index is 0.227. The Morgan fingerprint density at radius 1 is 1.18 bits per heavy atom. The van der Waals surface area contributed by atoms with Gasteiger partial charge in [0.15, 0.2) is 0 Å². The number of nitrogens with one attached hydrogen (secondary N) is 1. The molecule has 0 saturated heterocycles. The zero-order chi connectivity index (χ0) is 12.9. The van der Waals surface area contributed by atoms with E-state index in [9.17, 15) is 14.7 Å². The van der Waals surface area contributed by atoms with Crippen LogP contribution in [0, 0.1) is 5.41 Å². The van der Waals surface area contributed by atoms with E-state index in [0.717, 1.165) is 25.7 Å². The monoisotopic (exact) mass is 242 g/mol. The zero-order valence-electron chi connectivity index (χ0n) is 10.7. The summed E-state index contributed by atoms with van der Waals surface area (Å²) in [4.78, 5) is 24.3. The molecule has 0 unspecified atom stereocenters. The van der Waals surface area contributed by atoms with Crippen LogP contribution in [0.15, 0.2) is 0 Å². The van der Waals surface area contributed by atoms with E-state index in [0.29, 0.717) is 12.8 Å². The molecule has 0 bridgehead atoms. The van der Waals surface area contributed by atoms with Crippen LogP contribution in [0.2, 0.25) is 0 Å². The maximum atomic E-state index is 11.5. The predicted octanol–water partition coefficient (Wildman–Crippen LogP) is 1.68. The first-order valence-electron chi connectivity index (χ1n) is 6.16. The SMILES string of the molecule is CN(C)C(=O)NCC1(C(=O)O)CCCCCC1. The van der Waals surface area contributed by atoms with Gasteiger partial charge in [-0.25, -0.2) is 4.79 Å². The quantitative estimate of drug-likeness (QED) is 0.740.